The standard InChI is InChI=1S/C18H32N4O/c1-19-17-7-6-16(14-18(17)23-5)22-10-8-15(9-11-22)21(4)13-12-20(2)3/h6-7,14-15,19H,8-13H2,1-5H3. The second-order valence-electron chi connectivity index (χ2n) is 6.64. The number of methoxy groups -OCH3 is 1. The number of nitrogens with one attached hydrogen (secondary N) is 1. The van der Waals surface area contributed by atoms with Crippen molar-refractivity contribution in [2.75, 3.05) is 71.7 Å². The highest BCUT2D eigenvalue weighted by Crippen LogP contribution is 2.31. The summed E-state index contributed by atoms with van der Waals surface area (Å²) < 4.78 is 5.48. The van der Waals surface area contributed by atoms with Crippen molar-refractivity contribution < 1.29 is 4.74 Å². The van der Waals surface area contributed by atoms with Gasteiger partial charge in [0, 0.05) is 51.0 Å². The molecule has 0 amide bonds. The van der Waals surface area contributed by atoms with Crippen LogP contribution in [0.5, 0.6) is 5.75 Å². The van der Waals surface area contributed by atoms with E-state index in [9.17, 15) is 0 Å². The van der Waals surface area contributed by atoms with E-state index < -0.39 is 0 Å². The lowest BCUT2D eigenvalue weighted by molar-refractivity contribution is 0.190. The van der Waals surface area contributed by atoms with E-state index in [2.05, 4.69) is 59.4 Å². The van der Waals surface area contributed by atoms with Crippen LogP contribution in [0.15, 0.2) is 18.2 Å². The third-order valence-corrected chi connectivity index (χ3v) is 4.81. The molecule has 1 fully saturated rings. The summed E-state index contributed by atoms with van der Waals surface area (Å²) in [5, 5.41) is 3.17. The van der Waals surface area contributed by atoms with Gasteiger partial charge in [0.05, 0.1) is 12.8 Å². The van der Waals surface area contributed by atoms with Gasteiger partial charge < -0.3 is 24.8 Å². The van der Waals surface area contributed by atoms with Gasteiger partial charge in [-0.25, -0.2) is 0 Å². The van der Waals surface area contributed by atoms with Crippen molar-refractivity contribution in [3.05, 3.63) is 18.2 Å². The first-order chi connectivity index (χ1) is 11.0. The third-order valence-electron chi connectivity index (χ3n) is 4.81. The van der Waals surface area contributed by atoms with Crippen LogP contribution in [0.25, 0.3) is 0 Å². The Bertz CT molecular complexity index is 484. The number of hydrogen-bond donors (Lipinski definition) is 1. The highest BCUT2D eigenvalue weighted by Gasteiger charge is 2.23. The number of ether oxygens (including phenoxy) is 1. The average Bonchev–Trinajstić information content (AvgIpc) is 2.59. The third kappa shape index (κ3) is 4.75. The van der Waals surface area contributed by atoms with E-state index in [0.29, 0.717) is 6.04 Å². The molecule has 0 spiro atoms. The predicted molar refractivity (Wildman–Crippen MR) is 99.0 cm³/mol. The molecule has 0 aromatic heterocycles. The molecule has 0 aliphatic carbocycles. The first-order valence-corrected chi connectivity index (χ1v) is 8.51. The van der Waals surface area contributed by atoms with Gasteiger partial charge in [0.25, 0.3) is 0 Å². The van der Waals surface area contributed by atoms with Crippen LogP contribution in [0.4, 0.5) is 11.4 Å². The Morgan fingerprint density at radius 2 is 1.87 bits per heavy atom. The lowest BCUT2D eigenvalue weighted by atomic mass is 10.0. The Morgan fingerprint density at radius 1 is 1.17 bits per heavy atom. The maximum atomic E-state index is 5.48. The Kier molecular flexibility index (Phi) is 6.54. The van der Waals surface area contributed by atoms with E-state index in [1.807, 2.05) is 7.05 Å². The maximum Gasteiger partial charge on any atom is 0.144 e. The van der Waals surface area contributed by atoms with E-state index in [0.717, 1.165) is 37.6 Å². The fraction of sp³-hybridized carbons (Fsp3) is 0.667. The molecule has 0 radical (unpaired) electrons. The lowest BCUT2D eigenvalue weighted by Gasteiger charge is -2.38. The molecule has 1 aromatic rings. The zero-order valence-electron chi connectivity index (χ0n) is 15.3. The summed E-state index contributed by atoms with van der Waals surface area (Å²) in [4.78, 5) is 7.24. The van der Waals surface area contributed by atoms with E-state index >= 15 is 0 Å². The highest BCUT2D eigenvalue weighted by molar-refractivity contribution is 5.64. The minimum Gasteiger partial charge on any atom is -0.495 e. The molecule has 0 bridgehead atoms. The lowest BCUT2D eigenvalue weighted by Crippen LogP contribution is -2.45. The largest absolute Gasteiger partial charge is 0.495 e. The summed E-state index contributed by atoms with van der Waals surface area (Å²) in [5.41, 5.74) is 2.30. The Hall–Kier alpha value is -1.46. The van der Waals surface area contributed by atoms with E-state index in [1.54, 1.807) is 7.11 Å². The maximum absolute atomic E-state index is 5.48. The fourth-order valence-electron chi connectivity index (χ4n) is 3.19. The van der Waals surface area contributed by atoms with Gasteiger partial charge in [-0.2, -0.15) is 0 Å². The number of piperidine rings is 1. The number of nitrogens with zero attached hydrogens (tertiary/aromatic N) is 3. The number of hydrogen-bond acceptors (Lipinski definition) is 5. The van der Waals surface area contributed by atoms with Gasteiger partial charge in [-0.15, -0.1) is 0 Å². The van der Waals surface area contributed by atoms with Gasteiger partial charge in [-0.05, 0) is 46.1 Å². The van der Waals surface area contributed by atoms with Gasteiger partial charge in [0.1, 0.15) is 5.75 Å². The number of anilines is 2. The zero-order valence-corrected chi connectivity index (χ0v) is 15.3. The Morgan fingerprint density at radius 3 is 2.43 bits per heavy atom. The second-order valence-corrected chi connectivity index (χ2v) is 6.64. The molecule has 2 rings (SSSR count). The summed E-state index contributed by atoms with van der Waals surface area (Å²) in [7, 11) is 10.2. The minimum atomic E-state index is 0.699. The van der Waals surface area contributed by atoms with Crippen LogP contribution in [-0.2, 0) is 0 Å². The summed E-state index contributed by atoms with van der Waals surface area (Å²) in [6.07, 6.45) is 2.44. The smallest absolute Gasteiger partial charge is 0.144 e. The molecular formula is C18H32N4O. The molecular weight excluding hydrogens is 288 g/mol. The van der Waals surface area contributed by atoms with Gasteiger partial charge in [-0.1, -0.05) is 0 Å². The van der Waals surface area contributed by atoms with Crippen molar-refractivity contribution in [1.82, 2.24) is 9.80 Å². The quantitative estimate of drug-likeness (QED) is 0.832. The summed E-state index contributed by atoms with van der Waals surface area (Å²) in [6.45, 7) is 4.49. The average molecular weight is 320 g/mol. The van der Waals surface area contributed by atoms with E-state index in [1.165, 1.54) is 18.5 Å². The van der Waals surface area contributed by atoms with Crippen molar-refractivity contribution >= 4 is 11.4 Å². The van der Waals surface area contributed by atoms with Crippen molar-refractivity contribution in [2.24, 2.45) is 0 Å². The summed E-state index contributed by atoms with van der Waals surface area (Å²) in [5.74, 6) is 0.912. The monoisotopic (exact) mass is 320 g/mol. The van der Waals surface area contributed by atoms with Crippen LogP contribution in [0, 0.1) is 0 Å². The van der Waals surface area contributed by atoms with Gasteiger partial charge in [-0.3, -0.25) is 0 Å². The van der Waals surface area contributed by atoms with Crippen LogP contribution in [0.1, 0.15) is 12.8 Å². The van der Waals surface area contributed by atoms with E-state index in [-0.39, 0.29) is 0 Å². The molecule has 1 N–H and O–H groups in total. The van der Waals surface area contributed by atoms with Crippen molar-refractivity contribution in [1.29, 1.82) is 0 Å². The van der Waals surface area contributed by atoms with Crippen LogP contribution in [0.3, 0.4) is 0 Å². The molecule has 1 aliphatic rings. The summed E-state index contributed by atoms with van der Waals surface area (Å²) in [6, 6.07) is 7.13. The first-order valence-electron chi connectivity index (χ1n) is 8.51. The van der Waals surface area contributed by atoms with Crippen LogP contribution < -0.4 is 15.0 Å². The minimum absolute atomic E-state index is 0.699. The number of rotatable bonds is 7. The fourth-order valence-corrected chi connectivity index (χ4v) is 3.19. The van der Waals surface area contributed by atoms with Gasteiger partial charge in [0.15, 0.2) is 0 Å². The molecule has 23 heavy (non-hydrogen) atoms. The van der Waals surface area contributed by atoms with Crippen LogP contribution >= 0.6 is 0 Å². The molecule has 0 saturated carbocycles. The second kappa shape index (κ2) is 8.41. The molecule has 1 aliphatic heterocycles. The van der Waals surface area contributed by atoms with Crippen molar-refractivity contribution in [2.45, 2.75) is 18.9 Å². The Balaban J connectivity index is 1.91. The molecule has 5 nitrogen and oxygen atoms in total. The molecule has 5 heteroatoms. The first kappa shape index (κ1) is 17.9. The predicted octanol–water partition coefficient (Wildman–Crippen LogP) is 2.20. The van der Waals surface area contributed by atoms with Gasteiger partial charge in [0.2, 0.25) is 0 Å². The Labute approximate surface area is 141 Å². The molecule has 130 valence electrons. The molecule has 1 heterocycles. The topological polar surface area (TPSA) is 31.0 Å². The number of likely N-dealkylation sites (N-methyl/N-ethyl adjacent to an activating group) is 2. The summed E-state index contributed by atoms with van der Waals surface area (Å²) >= 11 is 0. The zero-order chi connectivity index (χ0) is 16.8. The normalized spacial score (nSPS) is 16.2. The molecule has 0 atom stereocenters. The van der Waals surface area contributed by atoms with Gasteiger partial charge >= 0.3 is 0 Å². The highest BCUT2D eigenvalue weighted by atomic mass is 16.5. The van der Waals surface area contributed by atoms with E-state index in [4.69, 9.17) is 4.74 Å². The molecule has 1 saturated heterocycles. The molecule has 1 aromatic carbocycles. The SMILES string of the molecule is CNc1ccc(N2CCC(N(C)CCN(C)C)CC2)cc1OC. The van der Waals surface area contributed by atoms with Crippen molar-refractivity contribution in [3.8, 4) is 5.75 Å². The molecule has 0 unspecified atom stereocenters. The van der Waals surface area contributed by atoms with Crippen LogP contribution in [-0.4, -0.2) is 77.3 Å². The van der Waals surface area contributed by atoms with Crippen LogP contribution in [0.2, 0.25) is 0 Å². The number of benzene rings is 1. The van der Waals surface area contributed by atoms with Crippen molar-refractivity contribution in [3.63, 3.8) is 0 Å².